The Hall–Kier alpha value is 0.230. The van der Waals surface area contributed by atoms with Crippen LogP contribution in [0.4, 0.5) is 0 Å². The van der Waals surface area contributed by atoms with Gasteiger partial charge in [0.2, 0.25) is 0 Å². The van der Waals surface area contributed by atoms with Crippen LogP contribution >= 0.6 is 11.8 Å². The summed E-state index contributed by atoms with van der Waals surface area (Å²) in [6.07, 6.45) is 4.03. The molecule has 15 heavy (non-hydrogen) atoms. The molecule has 0 radical (unpaired) electrons. The summed E-state index contributed by atoms with van der Waals surface area (Å²) in [7, 11) is 1.74. The molecule has 1 rings (SSSR count). The Labute approximate surface area is 97.7 Å². The van der Waals surface area contributed by atoms with Crippen molar-refractivity contribution < 1.29 is 4.74 Å². The Bertz CT molecular complexity index is 141. The van der Waals surface area contributed by atoms with Gasteiger partial charge in [-0.25, -0.2) is 0 Å². The molecule has 1 heterocycles. The second kappa shape index (κ2) is 9.46. The number of methoxy groups -OCH3 is 1. The van der Waals surface area contributed by atoms with E-state index in [-0.39, 0.29) is 0 Å². The highest BCUT2D eigenvalue weighted by molar-refractivity contribution is 8.00. The highest BCUT2D eigenvalue weighted by atomic mass is 32.2. The Morgan fingerprint density at radius 1 is 1.27 bits per heavy atom. The van der Waals surface area contributed by atoms with Crippen molar-refractivity contribution in [3.63, 3.8) is 0 Å². The fraction of sp³-hybridized carbons (Fsp3) is 1.00. The largest absolute Gasteiger partial charge is 0.383 e. The van der Waals surface area contributed by atoms with Gasteiger partial charge in [-0.1, -0.05) is 0 Å². The minimum atomic E-state index is 0.812. The molecule has 0 aromatic carbocycles. The fourth-order valence-electron chi connectivity index (χ4n) is 1.71. The maximum atomic E-state index is 4.96. The van der Waals surface area contributed by atoms with Crippen LogP contribution in [0.25, 0.3) is 0 Å². The average Bonchev–Trinajstić information content (AvgIpc) is 2.75. The maximum absolute atomic E-state index is 4.96. The van der Waals surface area contributed by atoms with Crippen molar-refractivity contribution in [3.05, 3.63) is 0 Å². The van der Waals surface area contributed by atoms with Gasteiger partial charge in [0, 0.05) is 25.4 Å². The van der Waals surface area contributed by atoms with E-state index in [1.54, 1.807) is 7.11 Å². The monoisotopic (exact) mass is 232 g/mol. The van der Waals surface area contributed by atoms with Crippen LogP contribution in [0.2, 0.25) is 0 Å². The lowest BCUT2D eigenvalue weighted by atomic mass is 10.2. The normalized spacial score (nSPS) is 21.0. The van der Waals surface area contributed by atoms with Crippen molar-refractivity contribution in [1.29, 1.82) is 0 Å². The quantitative estimate of drug-likeness (QED) is 0.583. The second-order valence-corrected chi connectivity index (χ2v) is 5.34. The summed E-state index contributed by atoms with van der Waals surface area (Å²) in [5.41, 5.74) is 0. The van der Waals surface area contributed by atoms with E-state index in [0.29, 0.717) is 0 Å². The molecular weight excluding hydrogens is 208 g/mol. The van der Waals surface area contributed by atoms with Crippen LogP contribution in [-0.2, 0) is 4.74 Å². The van der Waals surface area contributed by atoms with Crippen LogP contribution in [-0.4, -0.2) is 50.9 Å². The molecule has 0 saturated carbocycles. The van der Waals surface area contributed by atoms with Gasteiger partial charge in [0.25, 0.3) is 0 Å². The molecule has 1 aliphatic rings. The van der Waals surface area contributed by atoms with Crippen LogP contribution in [0.5, 0.6) is 0 Å². The molecular formula is C11H24N2OS. The first-order valence-electron chi connectivity index (χ1n) is 5.95. The first-order valence-corrected chi connectivity index (χ1v) is 7.00. The third kappa shape index (κ3) is 7.17. The third-order valence-electron chi connectivity index (χ3n) is 2.59. The third-order valence-corrected chi connectivity index (χ3v) is 3.98. The molecule has 0 bridgehead atoms. The van der Waals surface area contributed by atoms with Crippen LogP contribution in [0, 0.1) is 0 Å². The Balaban J connectivity index is 1.73. The lowest BCUT2D eigenvalue weighted by Crippen LogP contribution is -2.27. The van der Waals surface area contributed by atoms with E-state index in [1.807, 2.05) is 0 Å². The molecule has 2 N–H and O–H groups in total. The van der Waals surface area contributed by atoms with Gasteiger partial charge in [0.05, 0.1) is 6.61 Å². The summed E-state index contributed by atoms with van der Waals surface area (Å²) in [5, 5.41) is 7.75. The van der Waals surface area contributed by atoms with E-state index >= 15 is 0 Å². The number of hydrogen-bond acceptors (Lipinski definition) is 4. The predicted molar refractivity (Wildman–Crippen MR) is 67.7 cm³/mol. The number of nitrogens with one attached hydrogen (secondary N) is 2. The Kier molecular flexibility index (Phi) is 8.38. The summed E-state index contributed by atoms with van der Waals surface area (Å²) in [6.45, 7) is 5.20. The van der Waals surface area contributed by atoms with Crippen molar-refractivity contribution in [3.8, 4) is 0 Å². The zero-order valence-electron chi connectivity index (χ0n) is 9.76. The van der Waals surface area contributed by atoms with Crippen LogP contribution < -0.4 is 10.6 Å². The number of rotatable bonds is 9. The van der Waals surface area contributed by atoms with Crippen molar-refractivity contribution in [1.82, 2.24) is 10.6 Å². The van der Waals surface area contributed by atoms with E-state index in [2.05, 4.69) is 22.4 Å². The van der Waals surface area contributed by atoms with E-state index in [9.17, 15) is 0 Å². The molecule has 1 unspecified atom stereocenters. The molecule has 1 aliphatic heterocycles. The molecule has 1 atom stereocenters. The van der Waals surface area contributed by atoms with Gasteiger partial charge in [-0.2, -0.15) is 11.8 Å². The molecule has 0 spiro atoms. The molecule has 0 aromatic heterocycles. The van der Waals surface area contributed by atoms with Crippen LogP contribution in [0.3, 0.4) is 0 Å². The summed E-state index contributed by atoms with van der Waals surface area (Å²) < 4.78 is 4.96. The summed E-state index contributed by atoms with van der Waals surface area (Å²) >= 11 is 2.12. The smallest absolute Gasteiger partial charge is 0.0587 e. The highest BCUT2D eigenvalue weighted by Crippen LogP contribution is 2.24. The molecule has 4 heteroatoms. The topological polar surface area (TPSA) is 33.3 Å². The van der Waals surface area contributed by atoms with E-state index < -0.39 is 0 Å². The molecule has 0 aromatic rings. The minimum absolute atomic E-state index is 0.812. The maximum Gasteiger partial charge on any atom is 0.0587 e. The lowest BCUT2D eigenvalue weighted by Gasteiger charge is -2.10. The van der Waals surface area contributed by atoms with Gasteiger partial charge >= 0.3 is 0 Å². The summed E-state index contributed by atoms with van der Waals surface area (Å²) in [4.78, 5) is 0. The fourth-order valence-corrected chi connectivity index (χ4v) is 2.94. The highest BCUT2D eigenvalue weighted by Gasteiger charge is 2.14. The van der Waals surface area contributed by atoms with E-state index in [0.717, 1.165) is 31.5 Å². The molecule has 0 amide bonds. The molecule has 1 saturated heterocycles. The van der Waals surface area contributed by atoms with Crippen LogP contribution in [0.15, 0.2) is 0 Å². The van der Waals surface area contributed by atoms with Gasteiger partial charge in [-0.3, -0.25) is 0 Å². The predicted octanol–water partition coefficient (Wildman–Crippen LogP) is 1.10. The summed E-state index contributed by atoms with van der Waals surface area (Å²) in [6, 6.07) is 0. The van der Waals surface area contributed by atoms with E-state index in [4.69, 9.17) is 4.74 Å². The lowest BCUT2D eigenvalue weighted by molar-refractivity contribution is 0.199. The molecule has 0 aliphatic carbocycles. The van der Waals surface area contributed by atoms with Gasteiger partial charge in [0.15, 0.2) is 0 Å². The second-order valence-electron chi connectivity index (χ2n) is 3.94. The average molecular weight is 232 g/mol. The van der Waals surface area contributed by atoms with Gasteiger partial charge in [-0.05, 0) is 38.1 Å². The standard InChI is InChI=1S/C11H24N2OS/c1-14-8-7-12-5-3-6-13-10-11-4-2-9-15-11/h11-13H,2-10H2,1H3. The minimum Gasteiger partial charge on any atom is -0.383 e. The summed E-state index contributed by atoms with van der Waals surface area (Å²) in [5.74, 6) is 1.37. The first-order chi connectivity index (χ1) is 7.43. The van der Waals surface area contributed by atoms with Gasteiger partial charge in [-0.15, -0.1) is 0 Å². The molecule has 90 valence electrons. The zero-order chi connectivity index (χ0) is 10.8. The van der Waals surface area contributed by atoms with Crippen molar-refractivity contribution in [2.45, 2.75) is 24.5 Å². The van der Waals surface area contributed by atoms with Crippen molar-refractivity contribution >= 4 is 11.8 Å². The molecule has 3 nitrogen and oxygen atoms in total. The van der Waals surface area contributed by atoms with Gasteiger partial charge in [0.1, 0.15) is 0 Å². The molecule has 1 fully saturated rings. The number of ether oxygens (including phenoxy) is 1. The number of thioether (sulfide) groups is 1. The number of hydrogen-bond donors (Lipinski definition) is 2. The Morgan fingerprint density at radius 3 is 2.87 bits per heavy atom. The van der Waals surface area contributed by atoms with Crippen molar-refractivity contribution in [2.24, 2.45) is 0 Å². The van der Waals surface area contributed by atoms with Crippen molar-refractivity contribution in [2.75, 3.05) is 45.6 Å². The first kappa shape index (κ1) is 13.3. The SMILES string of the molecule is COCCNCCCNCC1CCCS1. The Morgan fingerprint density at radius 2 is 2.13 bits per heavy atom. The zero-order valence-corrected chi connectivity index (χ0v) is 10.6. The van der Waals surface area contributed by atoms with Gasteiger partial charge < -0.3 is 15.4 Å². The van der Waals surface area contributed by atoms with E-state index in [1.165, 1.54) is 31.6 Å². The van der Waals surface area contributed by atoms with Crippen LogP contribution in [0.1, 0.15) is 19.3 Å².